The second-order valence-corrected chi connectivity index (χ2v) is 4.44. The molecule has 114 valence electrons. The van der Waals surface area contributed by atoms with Crippen LogP contribution in [0.25, 0.3) is 0 Å². The Morgan fingerprint density at radius 3 is 2.76 bits per heavy atom. The highest BCUT2D eigenvalue weighted by Gasteiger charge is 2.09. The Bertz CT molecular complexity index is 584. The van der Waals surface area contributed by atoms with Gasteiger partial charge in [0.05, 0.1) is 18.7 Å². The maximum absolute atomic E-state index is 11.9. The molecule has 6 heteroatoms. The van der Waals surface area contributed by atoms with Gasteiger partial charge in [-0.3, -0.25) is 4.79 Å². The molecule has 0 saturated heterocycles. The van der Waals surface area contributed by atoms with Gasteiger partial charge in [0.15, 0.2) is 0 Å². The van der Waals surface area contributed by atoms with Gasteiger partial charge in [-0.1, -0.05) is 24.3 Å². The number of amides is 1. The van der Waals surface area contributed by atoms with E-state index in [0.717, 1.165) is 11.1 Å². The molecule has 0 bridgehead atoms. The molecule has 0 unspecified atom stereocenters. The quantitative estimate of drug-likeness (QED) is 0.857. The van der Waals surface area contributed by atoms with Crippen LogP contribution in [0.4, 0.5) is 0 Å². The minimum absolute atomic E-state index is 0. The Morgan fingerprint density at radius 2 is 2.10 bits per heavy atom. The Hall–Kier alpha value is -1.82. The second-order valence-electron chi connectivity index (χ2n) is 4.44. The standard InChI is InChI=1S/C15H18N2O3.ClH/c1-19-9-12-4-2-3-11(5-12)8-17-15(18)13-6-14(7-16)20-10-13;/h2-6,10H,7-9,16H2,1H3,(H,17,18);1H. The maximum atomic E-state index is 11.9. The van der Waals surface area contributed by atoms with E-state index in [4.69, 9.17) is 14.9 Å². The molecule has 1 aromatic heterocycles. The topological polar surface area (TPSA) is 77.5 Å². The van der Waals surface area contributed by atoms with Crippen molar-refractivity contribution in [3.8, 4) is 0 Å². The molecule has 0 radical (unpaired) electrons. The highest BCUT2D eigenvalue weighted by atomic mass is 35.5. The van der Waals surface area contributed by atoms with Crippen LogP contribution in [-0.4, -0.2) is 13.0 Å². The third kappa shape index (κ3) is 4.90. The van der Waals surface area contributed by atoms with Crippen molar-refractivity contribution in [2.45, 2.75) is 19.7 Å². The molecule has 0 atom stereocenters. The molecule has 3 N–H and O–H groups in total. The molecule has 0 saturated carbocycles. The van der Waals surface area contributed by atoms with Crippen molar-refractivity contribution < 1.29 is 13.9 Å². The first-order chi connectivity index (χ1) is 9.72. The minimum atomic E-state index is -0.175. The third-order valence-electron chi connectivity index (χ3n) is 2.87. The van der Waals surface area contributed by atoms with Crippen molar-refractivity contribution >= 4 is 18.3 Å². The Kier molecular flexibility index (Phi) is 6.94. The summed E-state index contributed by atoms with van der Waals surface area (Å²) in [6.45, 7) is 1.30. The molecule has 0 spiro atoms. The summed E-state index contributed by atoms with van der Waals surface area (Å²) in [6.07, 6.45) is 1.42. The summed E-state index contributed by atoms with van der Waals surface area (Å²) in [5.41, 5.74) is 8.02. The molecule has 21 heavy (non-hydrogen) atoms. The van der Waals surface area contributed by atoms with Gasteiger partial charge in [-0.15, -0.1) is 12.4 Å². The fraction of sp³-hybridized carbons (Fsp3) is 0.267. The van der Waals surface area contributed by atoms with Gasteiger partial charge in [0.1, 0.15) is 12.0 Å². The molecule has 5 nitrogen and oxygen atoms in total. The lowest BCUT2D eigenvalue weighted by atomic mass is 10.1. The number of hydrogen-bond donors (Lipinski definition) is 2. The minimum Gasteiger partial charge on any atom is -0.467 e. The second kappa shape index (κ2) is 8.46. The first-order valence-electron chi connectivity index (χ1n) is 6.35. The average Bonchev–Trinajstić information content (AvgIpc) is 2.94. The van der Waals surface area contributed by atoms with Crippen LogP contribution in [0.3, 0.4) is 0 Å². The molecule has 2 rings (SSSR count). The molecule has 0 aliphatic carbocycles. The number of hydrogen-bond acceptors (Lipinski definition) is 4. The summed E-state index contributed by atoms with van der Waals surface area (Å²) in [5, 5.41) is 2.84. The van der Waals surface area contributed by atoms with Gasteiger partial charge in [-0.2, -0.15) is 0 Å². The van der Waals surface area contributed by atoms with E-state index in [-0.39, 0.29) is 24.9 Å². The summed E-state index contributed by atoms with van der Waals surface area (Å²) in [5.74, 6) is 0.419. The van der Waals surface area contributed by atoms with E-state index < -0.39 is 0 Å². The summed E-state index contributed by atoms with van der Waals surface area (Å²) < 4.78 is 10.2. The Morgan fingerprint density at radius 1 is 1.33 bits per heavy atom. The van der Waals surface area contributed by atoms with Crippen LogP contribution in [0.5, 0.6) is 0 Å². The van der Waals surface area contributed by atoms with Crippen molar-refractivity contribution in [1.29, 1.82) is 0 Å². The van der Waals surface area contributed by atoms with Crippen LogP contribution in [0.15, 0.2) is 41.0 Å². The molecular weight excluding hydrogens is 292 g/mol. The summed E-state index contributed by atoms with van der Waals surface area (Å²) in [7, 11) is 1.66. The average molecular weight is 311 g/mol. The fourth-order valence-corrected chi connectivity index (χ4v) is 1.89. The number of ether oxygens (including phenoxy) is 1. The summed E-state index contributed by atoms with van der Waals surface area (Å²) in [4.78, 5) is 11.9. The maximum Gasteiger partial charge on any atom is 0.254 e. The zero-order valence-corrected chi connectivity index (χ0v) is 12.6. The van der Waals surface area contributed by atoms with Crippen LogP contribution in [0.1, 0.15) is 27.2 Å². The molecule has 0 aliphatic heterocycles. The van der Waals surface area contributed by atoms with Gasteiger partial charge in [-0.25, -0.2) is 0 Å². The highest BCUT2D eigenvalue weighted by Crippen LogP contribution is 2.09. The smallest absolute Gasteiger partial charge is 0.254 e. The van der Waals surface area contributed by atoms with Gasteiger partial charge in [0, 0.05) is 13.7 Å². The van der Waals surface area contributed by atoms with Gasteiger partial charge in [0.25, 0.3) is 5.91 Å². The predicted octanol–water partition coefficient (Wildman–Crippen LogP) is 2.24. The molecule has 2 aromatic rings. The largest absolute Gasteiger partial charge is 0.467 e. The van der Waals surface area contributed by atoms with Crippen LogP contribution < -0.4 is 11.1 Å². The van der Waals surface area contributed by atoms with Gasteiger partial charge < -0.3 is 20.2 Å². The number of carbonyl (C=O) groups excluding carboxylic acids is 1. The fourth-order valence-electron chi connectivity index (χ4n) is 1.89. The van der Waals surface area contributed by atoms with E-state index in [1.165, 1.54) is 6.26 Å². The number of furan rings is 1. The number of nitrogens with two attached hydrogens (primary N) is 1. The van der Waals surface area contributed by atoms with Crippen LogP contribution in [0.2, 0.25) is 0 Å². The van der Waals surface area contributed by atoms with Gasteiger partial charge in [-0.05, 0) is 17.2 Å². The number of carbonyl (C=O) groups is 1. The van der Waals surface area contributed by atoms with Gasteiger partial charge >= 0.3 is 0 Å². The number of nitrogens with one attached hydrogen (secondary N) is 1. The molecule has 1 heterocycles. The summed E-state index contributed by atoms with van der Waals surface area (Å²) >= 11 is 0. The highest BCUT2D eigenvalue weighted by molar-refractivity contribution is 5.93. The number of benzene rings is 1. The van der Waals surface area contributed by atoms with E-state index in [9.17, 15) is 4.79 Å². The zero-order valence-electron chi connectivity index (χ0n) is 11.8. The SMILES string of the molecule is COCc1cccc(CNC(=O)c2coc(CN)c2)c1.Cl. The summed E-state index contributed by atoms with van der Waals surface area (Å²) in [6, 6.07) is 9.54. The van der Waals surface area contributed by atoms with E-state index in [1.807, 2.05) is 24.3 Å². The van der Waals surface area contributed by atoms with Crippen LogP contribution in [0, 0.1) is 0 Å². The zero-order chi connectivity index (χ0) is 14.4. The Balaban J connectivity index is 0.00000220. The van der Waals surface area contributed by atoms with Gasteiger partial charge in [0.2, 0.25) is 0 Å². The third-order valence-corrected chi connectivity index (χ3v) is 2.87. The van der Waals surface area contributed by atoms with Crippen LogP contribution in [-0.2, 0) is 24.4 Å². The van der Waals surface area contributed by atoms with E-state index >= 15 is 0 Å². The van der Waals surface area contributed by atoms with Crippen molar-refractivity contribution in [3.63, 3.8) is 0 Å². The van der Waals surface area contributed by atoms with Crippen LogP contribution >= 0.6 is 12.4 Å². The normalized spacial score (nSPS) is 10.0. The Labute approximate surface area is 129 Å². The number of methoxy groups -OCH3 is 1. The lowest BCUT2D eigenvalue weighted by molar-refractivity contribution is 0.0950. The van der Waals surface area contributed by atoms with Crippen molar-refractivity contribution in [2.24, 2.45) is 5.73 Å². The molecule has 1 amide bonds. The molecule has 0 aliphatic rings. The molecule has 0 fully saturated rings. The number of rotatable bonds is 6. The molecular formula is C15H19ClN2O3. The van der Waals surface area contributed by atoms with Crippen molar-refractivity contribution in [1.82, 2.24) is 5.32 Å². The monoisotopic (exact) mass is 310 g/mol. The van der Waals surface area contributed by atoms with E-state index in [0.29, 0.717) is 24.5 Å². The van der Waals surface area contributed by atoms with Crippen molar-refractivity contribution in [2.75, 3.05) is 7.11 Å². The lowest BCUT2D eigenvalue weighted by Gasteiger charge is -2.06. The first kappa shape index (κ1) is 17.2. The first-order valence-corrected chi connectivity index (χ1v) is 6.35. The van der Waals surface area contributed by atoms with E-state index in [1.54, 1.807) is 13.2 Å². The lowest BCUT2D eigenvalue weighted by Crippen LogP contribution is -2.22. The predicted molar refractivity (Wildman–Crippen MR) is 82.2 cm³/mol. The van der Waals surface area contributed by atoms with Crippen molar-refractivity contribution in [3.05, 3.63) is 59.0 Å². The van der Waals surface area contributed by atoms with E-state index in [2.05, 4.69) is 5.32 Å². The molecule has 1 aromatic carbocycles. The number of halogens is 1.